The van der Waals surface area contributed by atoms with Gasteiger partial charge < -0.3 is 5.73 Å². The molecule has 0 atom stereocenters. The summed E-state index contributed by atoms with van der Waals surface area (Å²) in [6.07, 6.45) is 1.66. The van der Waals surface area contributed by atoms with Crippen molar-refractivity contribution in [2.75, 3.05) is 5.73 Å². The molecule has 4 nitrogen and oxygen atoms in total. The van der Waals surface area contributed by atoms with Gasteiger partial charge in [0.2, 0.25) is 5.78 Å². The first-order valence-corrected chi connectivity index (χ1v) is 6.01. The average Bonchev–Trinajstić information content (AvgIpc) is 2.37. The topological polar surface area (TPSA) is 79.3 Å². The third kappa shape index (κ3) is 2.24. The Balaban J connectivity index is 2.47. The summed E-state index contributed by atoms with van der Waals surface area (Å²) in [5.74, 6) is -2.96. The van der Waals surface area contributed by atoms with Gasteiger partial charge in [-0.3, -0.25) is 10.2 Å². The van der Waals surface area contributed by atoms with Crippen molar-refractivity contribution >= 4 is 23.0 Å². The maximum Gasteiger partial charge on any atom is 0.218 e. The molecule has 0 aliphatic carbocycles. The van der Waals surface area contributed by atoms with Gasteiger partial charge in [0.15, 0.2) is 11.7 Å². The molecular formula is C14H13F2N3O. The molecule has 0 spiro atoms. The van der Waals surface area contributed by atoms with E-state index in [9.17, 15) is 13.6 Å². The summed E-state index contributed by atoms with van der Waals surface area (Å²) in [5.41, 5.74) is 4.51. The molecule has 0 saturated heterocycles. The molecule has 0 bridgehead atoms. The van der Waals surface area contributed by atoms with E-state index in [1.807, 2.05) is 13.8 Å². The summed E-state index contributed by atoms with van der Waals surface area (Å²) in [4.78, 5) is 15.8. The number of anilines is 1. The highest BCUT2D eigenvalue weighted by Gasteiger charge is 2.33. The van der Waals surface area contributed by atoms with Gasteiger partial charge in [-0.15, -0.1) is 0 Å². The smallest absolute Gasteiger partial charge is 0.218 e. The highest BCUT2D eigenvalue weighted by Crippen LogP contribution is 2.24. The van der Waals surface area contributed by atoms with E-state index >= 15 is 0 Å². The van der Waals surface area contributed by atoms with Crippen molar-refractivity contribution in [2.24, 2.45) is 10.9 Å². The summed E-state index contributed by atoms with van der Waals surface area (Å²) in [5, 5.41) is 7.50. The van der Waals surface area contributed by atoms with Gasteiger partial charge >= 0.3 is 0 Å². The molecule has 0 fully saturated rings. The van der Waals surface area contributed by atoms with Crippen LogP contribution in [0.25, 0.3) is 0 Å². The normalized spacial score (nSPS) is 16.4. The quantitative estimate of drug-likeness (QED) is 0.658. The van der Waals surface area contributed by atoms with Crippen molar-refractivity contribution in [3.63, 3.8) is 0 Å². The zero-order chi connectivity index (χ0) is 15.0. The third-order valence-corrected chi connectivity index (χ3v) is 2.80. The van der Waals surface area contributed by atoms with Crippen LogP contribution in [0, 0.1) is 23.0 Å². The number of carbonyl (C=O) groups is 1. The molecule has 1 aromatic carbocycles. The van der Waals surface area contributed by atoms with Gasteiger partial charge in [-0.2, -0.15) is 0 Å². The molecule has 6 heteroatoms. The van der Waals surface area contributed by atoms with Gasteiger partial charge in [-0.25, -0.2) is 13.8 Å². The Hall–Kier alpha value is -2.37. The number of rotatable bonds is 3. The van der Waals surface area contributed by atoms with Gasteiger partial charge in [0.25, 0.3) is 0 Å². The third-order valence-electron chi connectivity index (χ3n) is 2.80. The number of hydrogen-bond donors (Lipinski definition) is 2. The molecule has 20 heavy (non-hydrogen) atoms. The number of halogens is 2. The zero-order valence-electron chi connectivity index (χ0n) is 11.0. The number of hydrogen-bond acceptors (Lipinski definition) is 3. The minimum atomic E-state index is -1.10. The van der Waals surface area contributed by atoms with Gasteiger partial charge in [0.1, 0.15) is 11.5 Å². The lowest BCUT2D eigenvalue weighted by Crippen LogP contribution is -2.32. The lowest BCUT2D eigenvalue weighted by molar-refractivity contribution is 0.105. The zero-order valence-corrected chi connectivity index (χ0v) is 11.0. The predicted molar refractivity (Wildman–Crippen MR) is 73.2 cm³/mol. The van der Waals surface area contributed by atoms with Crippen LogP contribution in [0.2, 0.25) is 0 Å². The van der Waals surface area contributed by atoms with E-state index in [-0.39, 0.29) is 23.2 Å². The molecule has 1 aromatic rings. The molecule has 2 rings (SSSR count). The number of ketones is 1. The second-order valence-corrected chi connectivity index (χ2v) is 4.79. The van der Waals surface area contributed by atoms with E-state index in [1.165, 1.54) is 0 Å². The second kappa shape index (κ2) is 4.96. The minimum absolute atomic E-state index is 0.0632. The molecule has 0 radical (unpaired) electrons. The van der Waals surface area contributed by atoms with Gasteiger partial charge in [-0.1, -0.05) is 19.9 Å². The molecule has 104 valence electrons. The average molecular weight is 277 g/mol. The van der Waals surface area contributed by atoms with Gasteiger partial charge in [-0.05, 0) is 18.1 Å². The molecule has 0 amide bonds. The fraction of sp³-hybridized carbons (Fsp3) is 0.214. The summed E-state index contributed by atoms with van der Waals surface area (Å²) in [6, 6.07) is 1.99. The van der Waals surface area contributed by atoms with Crippen LogP contribution < -0.4 is 5.73 Å². The monoisotopic (exact) mass is 277 g/mol. The number of aliphatic imine (C=N–C) groups is 1. The number of Topliss-reactive ketones (excluding diaryl/α,β-unsaturated/α-hetero) is 1. The van der Waals surface area contributed by atoms with Crippen LogP contribution in [-0.2, 0) is 0 Å². The maximum absolute atomic E-state index is 13.8. The number of nitrogen functional groups attached to an aromatic ring is 1. The first-order chi connectivity index (χ1) is 9.32. The number of nitrogens with zero attached hydrogens (tertiary/aromatic N) is 1. The number of benzene rings is 1. The van der Waals surface area contributed by atoms with Crippen LogP contribution >= 0.6 is 0 Å². The van der Waals surface area contributed by atoms with E-state index < -0.39 is 23.0 Å². The first-order valence-electron chi connectivity index (χ1n) is 6.01. The lowest BCUT2D eigenvalue weighted by Gasteiger charge is -2.19. The number of nitrogens with one attached hydrogen (secondary N) is 1. The van der Waals surface area contributed by atoms with Crippen LogP contribution in [0.15, 0.2) is 28.8 Å². The fourth-order valence-corrected chi connectivity index (χ4v) is 1.85. The Morgan fingerprint density at radius 3 is 2.60 bits per heavy atom. The molecular weight excluding hydrogens is 264 g/mol. The van der Waals surface area contributed by atoms with Crippen molar-refractivity contribution in [3.8, 4) is 0 Å². The van der Waals surface area contributed by atoms with Crippen LogP contribution in [0.5, 0.6) is 0 Å². The van der Waals surface area contributed by atoms with Crippen molar-refractivity contribution in [1.29, 1.82) is 5.41 Å². The van der Waals surface area contributed by atoms with Crippen molar-refractivity contribution < 1.29 is 13.6 Å². The Kier molecular flexibility index (Phi) is 3.48. The molecule has 0 unspecified atom stereocenters. The minimum Gasteiger partial charge on any atom is -0.396 e. The molecule has 1 aliphatic heterocycles. The van der Waals surface area contributed by atoms with E-state index in [1.54, 1.807) is 6.08 Å². The summed E-state index contributed by atoms with van der Waals surface area (Å²) >= 11 is 0. The van der Waals surface area contributed by atoms with Crippen LogP contribution in [-0.4, -0.2) is 17.3 Å². The van der Waals surface area contributed by atoms with Crippen LogP contribution in [0.4, 0.5) is 14.5 Å². The number of carbonyl (C=O) groups excluding carboxylic acids is 1. The number of amidine groups is 1. The number of nitrogens with two attached hydrogens (primary N) is 1. The predicted octanol–water partition coefficient (Wildman–Crippen LogP) is 2.74. The molecule has 1 heterocycles. The Morgan fingerprint density at radius 1 is 1.40 bits per heavy atom. The Bertz CT molecular complexity index is 675. The molecule has 0 aromatic heterocycles. The first kappa shape index (κ1) is 14.0. The van der Waals surface area contributed by atoms with Gasteiger partial charge in [0, 0.05) is 5.57 Å². The highest BCUT2D eigenvalue weighted by atomic mass is 19.1. The fourth-order valence-electron chi connectivity index (χ4n) is 1.85. The Morgan fingerprint density at radius 2 is 2.05 bits per heavy atom. The lowest BCUT2D eigenvalue weighted by atomic mass is 9.92. The summed E-state index contributed by atoms with van der Waals surface area (Å²) < 4.78 is 27.5. The number of allylic oxidation sites excluding steroid dienone is 1. The maximum atomic E-state index is 13.8. The molecule has 1 aliphatic rings. The SMILES string of the molecule is CC(C)/C=C1\C(=N)N=C1C(=O)c1c(F)ccc(N)c1F. The van der Waals surface area contributed by atoms with Crippen LogP contribution in [0.3, 0.4) is 0 Å². The standard InChI is InChI=1S/C14H13F2N3O/c1-6(2)5-7-12(19-14(7)18)13(20)10-8(15)3-4-9(17)11(10)16/h3-6,18H,17H2,1-2H3/b7-5-,18-14?. The summed E-state index contributed by atoms with van der Waals surface area (Å²) in [7, 11) is 0. The molecule has 3 N–H and O–H groups in total. The van der Waals surface area contributed by atoms with Crippen molar-refractivity contribution in [2.45, 2.75) is 13.8 Å². The molecule has 0 saturated carbocycles. The van der Waals surface area contributed by atoms with E-state index in [0.717, 1.165) is 12.1 Å². The summed E-state index contributed by atoms with van der Waals surface area (Å²) in [6.45, 7) is 3.73. The second-order valence-electron chi connectivity index (χ2n) is 4.79. The Labute approximate surface area is 114 Å². The van der Waals surface area contributed by atoms with E-state index in [0.29, 0.717) is 5.57 Å². The largest absolute Gasteiger partial charge is 0.396 e. The van der Waals surface area contributed by atoms with Gasteiger partial charge in [0.05, 0.1) is 11.3 Å². The van der Waals surface area contributed by atoms with Crippen molar-refractivity contribution in [1.82, 2.24) is 0 Å². The highest BCUT2D eigenvalue weighted by molar-refractivity contribution is 6.62. The van der Waals surface area contributed by atoms with E-state index in [2.05, 4.69) is 4.99 Å². The van der Waals surface area contributed by atoms with Crippen LogP contribution in [0.1, 0.15) is 24.2 Å². The van der Waals surface area contributed by atoms with Crippen molar-refractivity contribution in [3.05, 3.63) is 41.0 Å². The van der Waals surface area contributed by atoms with E-state index in [4.69, 9.17) is 11.1 Å².